The summed E-state index contributed by atoms with van der Waals surface area (Å²) in [6, 6.07) is 4.17. The first-order valence-corrected chi connectivity index (χ1v) is 8.56. The Kier molecular flexibility index (Phi) is 5.54. The quantitative estimate of drug-likeness (QED) is 0.916. The van der Waals surface area contributed by atoms with E-state index in [0.717, 1.165) is 11.5 Å². The Balaban J connectivity index is 2.14. The first kappa shape index (κ1) is 15.1. The molecule has 1 fully saturated rings. The van der Waals surface area contributed by atoms with Gasteiger partial charge in [0.15, 0.2) is 0 Å². The molecule has 2 rings (SSSR count). The van der Waals surface area contributed by atoms with Gasteiger partial charge < -0.3 is 5.32 Å². The lowest BCUT2D eigenvalue weighted by Gasteiger charge is -2.34. The van der Waals surface area contributed by atoms with Gasteiger partial charge in [-0.3, -0.25) is 0 Å². The predicted molar refractivity (Wildman–Crippen MR) is 81.1 cm³/mol. The number of thioether (sulfide) groups is 2. The molecule has 106 valence electrons. The second kappa shape index (κ2) is 6.95. The van der Waals surface area contributed by atoms with Gasteiger partial charge in [0.2, 0.25) is 0 Å². The molecule has 0 saturated carbocycles. The molecule has 0 amide bonds. The van der Waals surface area contributed by atoms with Crippen LogP contribution in [0.5, 0.6) is 0 Å². The van der Waals surface area contributed by atoms with Crippen LogP contribution in [0.1, 0.15) is 12.5 Å². The number of likely N-dealkylation sites (N-methyl/N-ethyl adjacent to an activating group) is 1. The molecule has 3 atom stereocenters. The van der Waals surface area contributed by atoms with Crippen molar-refractivity contribution in [3.05, 3.63) is 35.4 Å². The number of hydrogen-bond donors (Lipinski definition) is 1. The maximum atomic E-state index is 13.7. The average Bonchev–Trinajstić information content (AvgIpc) is 2.40. The molecular formula is C14H19F2NS2. The number of rotatable bonds is 4. The van der Waals surface area contributed by atoms with Crippen molar-refractivity contribution < 1.29 is 8.78 Å². The summed E-state index contributed by atoms with van der Waals surface area (Å²) >= 11 is 3.85. The highest BCUT2D eigenvalue weighted by Crippen LogP contribution is 2.34. The highest BCUT2D eigenvalue weighted by molar-refractivity contribution is 8.07. The van der Waals surface area contributed by atoms with Crippen LogP contribution in [-0.2, 0) is 6.42 Å². The zero-order chi connectivity index (χ0) is 13.8. The lowest BCUT2D eigenvalue weighted by Crippen LogP contribution is -2.44. The van der Waals surface area contributed by atoms with Gasteiger partial charge in [0.25, 0.3) is 0 Å². The Bertz CT molecular complexity index is 408. The van der Waals surface area contributed by atoms with Crippen molar-refractivity contribution in [2.75, 3.05) is 18.6 Å². The zero-order valence-electron chi connectivity index (χ0n) is 11.2. The first-order valence-electron chi connectivity index (χ1n) is 6.47. The molecule has 1 aliphatic heterocycles. The SMILES string of the molecule is CNC(Cc1c(F)cccc1F)C1SCCSC1C. The highest BCUT2D eigenvalue weighted by Gasteiger charge is 2.30. The van der Waals surface area contributed by atoms with Crippen molar-refractivity contribution in [2.45, 2.75) is 29.9 Å². The van der Waals surface area contributed by atoms with Gasteiger partial charge in [-0.05, 0) is 25.6 Å². The van der Waals surface area contributed by atoms with E-state index in [9.17, 15) is 8.78 Å². The molecule has 5 heteroatoms. The summed E-state index contributed by atoms with van der Waals surface area (Å²) in [7, 11) is 1.87. The lowest BCUT2D eigenvalue weighted by molar-refractivity contribution is 0.490. The summed E-state index contributed by atoms with van der Waals surface area (Å²) in [5, 5.41) is 4.13. The molecule has 1 saturated heterocycles. The summed E-state index contributed by atoms with van der Waals surface area (Å²) < 4.78 is 27.5. The largest absolute Gasteiger partial charge is 0.316 e. The molecule has 19 heavy (non-hydrogen) atoms. The van der Waals surface area contributed by atoms with Crippen LogP contribution in [0.4, 0.5) is 8.78 Å². The summed E-state index contributed by atoms with van der Waals surface area (Å²) in [4.78, 5) is 0. The van der Waals surface area contributed by atoms with Crippen molar-refractivity contribution in [3.63, 3.8) is 0 Å². The maximum Gasteiger partial charge on any atom is 0.129 e. The molecule has 1 heterocycles. The van der Waals surface area contributed by atoms with E-state index in [0.29, 0.717) is 16.9 Å². The Labute approximate surface area is 121 Å². The van der Waals surface area contributed by atoms with E-state index in [1.54, 1.807) is 0 Å². The second-order valence-corrected chi connectivity index (χ2v) is 7.48. The lowest BCUT2D eigenvalue weighted by atomic mass is 10.0. The Hall–Kier alpha value is -0.260. The van der Waals surface area contributed by atoms with Crippen molar-refractivity contribution in [3.8, 4) is 0 Å². The van der Waals surface area contributed by atoms with E-state index >= 15 is 0 Å². The molecule has 0 aliphatic carbocycles. The molecule has 0 aromatic heterocycles. The zero-order valence-corrected chi connectivity index (χ0v) is 12.8. The maximum absolute atomic E-state index is 13.7. The topological polar surface area (TPSA) is 12.0 Å². The van der Waals surface area contributed by atoms with Crippen LogP contribution in [0.25, 0.3) is 0 Å². The molecule has 0 spiro atoms. The highest BCUT2D eigenvalue weighted by atomic mass is 32.2. The standard InChI is InChI=1S/C14H19F2NS2/c1-9-14(19-7-6-18-9)13(17-2)8-10-11(15)4-3-5-12(10)16/h3-5,9,13-14,17H,6-8H2,1-2H3. The minimum Gasteiger partial charge on any atom is -0.316 e. The van der Waals surface area contributed by atoms with E-state index in [-0.39, 0.29) is 11.6 Å². The Morgan fingerprint density at radius 2 is 1.89 bits per heavy atom. The van der Waals surface area contributed by atoms with E-state index in [4.69, 9.17) is 0 Å². The van der Waals surface area contributed by atoms with E-state index in [1.165, 1.54) is 18.2 Å². The molecule has 1 N–H and O–H groups in total. The van der Waals surface area contributed by atoms with Crippen molar-refractivity contribution >= 4 is 23.5 Å². The van der Waals surface area contributed by atoms with Crippen LogP contribution < -0.4 is 5.32 Å². The van der Waals surface area contributed by atoms with Gasteiger partial charge >= 0.3 is 0 Å². The van der Waals surface area contributed by atoms with Crippen LogP contribution in [0.15, 0.2) is 18.2 Å². The molecule has 1 nitrogen and oxygen atoms in total. The van der Waals surface area contributed by atoms with E-state index in [1.807, 2.05) is 30.6 Å². The van der Waals surface area contributed by atoms with Crippen LogP contribution in [0.3, 0.4) is 0 Å². The fourth-order valence-corrected chi connectivity index (χ4v) is 5.42. The normalized spacial score (nSPS) is 25.3. The van der Waals surface area contributed by atoms with Crippen LogP contribution in [0, 0.1) is 11.6 Å². The first-order chi connectivity index (χ1) is 9.13. The average molecular weight is 303 g/mol. The number of benzene rings is 1. The third-order valence-electron chi connectivity index (χ3n) is 3.49. The van der Waals surface area contributed by atoms with Gasteiger partial charge in [0.05, 0.1) is 0 Å². The van der Waals surface area contributed by atoms with Crippen LogP contribution >= 0.6 is 23.5 Å². The van der Waals surface area contributed by atoms with Crippen molar-refractivity contribution in [2.24, 2.45) is 0 Å². The third kappa shape index (κ3) is 3.64. The van der Waals surface area contributed by atoms with Gasteiger partial charge in [0, 0.05) is 33.6 Å². The number of hydrogen-bond acceptors (Lipinski definition) is 3. The molecule has 0 bridgehead atoms. The smallest absolute Gasteiger partial charge is 0.129 e. The summed E-state index contributed by atoms with van der Waals surface area (Å²) in [5.74, 6) is 1.38. The summed E-state index contributed by atoms with van der Waals surface area (Å²) in [6.45, 7) is 2.20. The summed E-state index contributed by atoms with van der Waals surface area (Å²) in [5.41, 5.74) is 0.199. The fraction of sp³-hybridized carbons (Fsp3) is 0.571. The summed E-state index contributed by atoms with van der Waals surface area (Å²) in [6.07, 6.45) is 0.400. The molecule has 1 aliphatic rings. The van der Waals surface area contributed by atoms with E-state index < -0.39 is 11.6 Å². The Morgan fingerprint density at radius 1 is 1.26 bits per heavy atom. The molecule has 0 radical (unpaired) electrons. The van der Waals surface area contributed by atoms with Crippen molar-refractivity contribution in [1.29, 1.82) is 0 Å². The molecule has 1 aromatic carbocycles. The number of nitrogens with one attached hydrogen (secondary N) is 1. The van der Waals surface area contributed by atoms with Gasteiger partial charge in [-0.2, -0.15) is 23.5 Å². The van der Waals surface area contributed by atoms with Gasteiger partial charge in [-0.25, -0.2) is 8.78 Å². The van der Waals surface area contributed by atoms with Gasteiger partial charge in [0.1, 0.15) is 11.6 Å². The number of halogens is 2. The van der Waals surface area contributed by atoms with Gasteiger partial charge in [-0.15, -0.1) is 0 Å². The van der Waals surface area contributed by atoms with Crippen molar-refractivity contribution in [1.82, 2.24) is 5.32 Å². The third-order valence-corrected chi connectivity index (χ3v) is 6.74. The fourth-order valence-electron chi connectivity index (χ4n) is 2.42. The van der Waals surface area contributed by atoms with Crippen LogP contribution in [-0.4, -0.2) is 35.1 Å². The molecule has 3 unspecified atom stereocenters. The van der Waals surface area contributed by atoms with Crippen LogP contribution in [0.2, 0.25) is 0 Å². The monoisotopic (exact) mass is 303 g/mol. The minimum atomic E-state index is -0.443. The van der Waals surface area contributed by atoms with E-state index in [2.05, 4.69) is 12.2 Å². The Morgan fingerprint density at radius 3 is 2.47 bits per heavy atom. The molecule has 1 aromatic rings. The predicted octanol–water partition coefficient (Wildman–Crippen LogP) is 3.33. The molecular weight excluding hydrogens is 284 g/mol. The minimum absolute atomic E-state index is 0.0965. The van der Waals surface area contributed by atoms with Gasteiger partial charge in [-0.1, -0.05) is 13.0 Å². The second-order valence-electron chi connectivity index (χ2n) is 4.71.